The molecule has 0 saturated carbocycles. The van der Waals surface area contributed by atoms with Crippen molar-refractivity contribution >= 4 is 11.8 Å². The van der Waals surface area contributed by atoms with Gasteiger partial charge in [0.2, 0.25) is 0 Å². The lowest BCUT2D eigenvalue weighted by Crippen LogP contribution is -2.44. The van der Waals surface area contributed by atoms with Crippen LogP contribution in [0.25, 0.3) is 0 Å². The maximum atomic E-state index is 11.9. The van der Waals surface area contributed by atoms with E-state index in [-0.39, 0.29) is 24.6 Å². The van der Waals surface area contributed by atoms with E-state index in [9.17, 15) is 4.79 Å². The summed E-state index contributed by atoms with van der Waals surface area (Å²) in [5.74, 6) is 1.03. The largest absolute Gasteiger partial charge is 0.396 e. The van der Waals surface area contributed by atoms with Gasteiger partial charge in [0, 0.05) is 38.5 Å². The van der Waals surface area contributed by atoms with Crippen LogP contribution in [-0.2, 0) is 6.54 Å². The number of piperidine rings is 1. The number of aliphatic hydroxyl groups is 1. The maximum Gasteiger partial charge on any atom is 0.315 e. The number of aromatic nitrogens is 1. The van der Waals surface area contributed by atoms with E-state index in [2.05, 4.69) is 20.5 Å². The first-order chi connectivity index (χ1) is 11.1. The minimum atomic E-state index is -0.214. The number of nitrogens with one attached hydrogen (secondary N) is 2. The summed E-state index contributed by atoms with van der Waals surface area (Å²) < 4.78 is 0. The average molecular weight is 320 g/mol. The second kappa shape index (κ2) is 8.72. The van der Waals surface area contributed by atoms with E-state index in [0.29, 0.717) is 6.54 Å². The van der Waals surface area contributed by atoms with Gasteiger partial charge in [0.15, 0.2) is 0 Å². The van der Waals surface area contributed by atoms with Gasteiger partial charge in [0.1, 0.15) is 5.82 Å². The van der Waals surface area contributed by atoms with Gasteiger partial charge < -0.3 is 20.6 Å². The van der Waals surface area contributed by atoms with Gasteiger partial charge in [-0.3, -0.25) is 0 Å². The van der Waals surface area contributed by atoms with Crippen LogP contribution in [0.1, 0.15) is 38.7 Å². The summed E-state index contributed by atoms with van der Waals surface area (Å²) in [4.78, 5) is 18.7. The number of carbonyl (C=O) groups is 1. The third kappa shape index (κ3) is 5.39. The van der Waals surface area contributed by atoms with E-state index in [0.717, 1.165) is 24.5 Å². The first-order valence-electron chi connectivity index (χ1n) is 8.45. The molecule has 1 fully saturated rings. The molecule has 3 N–H and O–H groups in total. The van der Waals surface area contributed by atoms with Crippen LogP contribution in [0.15, 0.2) is 18.3 Å². The van der Waals surface area contributed by atoms with Gasteiger partial charge in [-0.05, 0) is 49.8 Å². The third-order valence-corrected chi connectivity index (χ3v) is 4.44. The highest BCUT2D eigenvalue weighted by molar-refractivity contribution is 5.74. The highest BCUT2D eigenvalue weighted by Crippen LogP contribution is 2.18. The fourth-order valence-corrected chi connectivity index (χ4v) is 2.61. The molecule has 0 aliphatic carbocycles. The van der Waals surface area contributed by atoms with E-state index < -0.39 is 0 Å². The summed E-state index contributed by atoms with van der Waals surface area (Å²) >= 11 is 0. The summed E-state index contributed by atoms with van der Waals surface area (Å²) in [6.45, 7) is 6.43. The molecule has 1 aromatic heterocycles. The Kier molecular flexibility index (Phi) is 6.65. The number of urea groups is 1. The summed E-state index contributed by atoms with van der Waals surface area (Å²) in [5, 5.41) is 14.8. The van der Waals surface area contributed by atoms with Crippen molar-refractivity contribution in [3.8, 4) is 0 Å². The Balaban J connectivity index is 1.84. The molecule has 0 spiro atoms. The highest BCUT2D eigenvalue weighted by atomic mass is 16.3. The summed E-state index contributed by atoms with van der Waals surface area (Å²) in [7, 11) is 0. The van der Waals surface area contributed by atoms with E-state index in [1.54, 1.807) is 6.20 Å². The van der Waals surface area contributed by atoms with E-state index in [4.69, 9.17) is 5.11 Å². The lowest BCUT2D eigenvalue weighted by Gasteiger charge is -2.28. The molecule has 2 heterocycles. The number of aliphatic hydroxyl groups excluding tert-OH is 1. The van der Waals surface area contributed by atoms with Gasteiger partial charge in [-0.25, -0.2) is 9.78 Å². The van der Waals surface area contributed by atoms with E-state index in [1.807, 2.05) is 26.0 Å². The number of nitrogens with zero attached hydrogens (tertiary/aromatic N) is 2. The van der Waals surface area contributed by atoms with Crippen molar-refractivity contribution < 1.29 is 9.90 Å². The van der Waals surface area contributed by atoms with Crippen LogP contribution in [0, 0.1) is 5.92 Å². The van der Waals surface area contributed by atoms with Crippen LogP contribution in [0.2, 0.25) is 0 Å². The Morgan fingerprint density at radius 1 is 1.35 bits per heavy atom. The van der Waals surface area contributed by atoms with Gasteiger partial charge in [-0.1, -0.05) is 6.92 Å². The molecular formula is C17H28N4O2. The highest BCUT2D eigenvalue weighted by Gasteiger charge is 2.14. The molecule has 1 saturated heterocycles. The predicted octanol–water partition coefficient (Wildman–Crippen LogP) is 1.89. The Labute approximate surface area is 138 Å². The molecule has 6 heteroatoms. The van der Waals surface area contributed by atoms with Crippen LogP contribution in [0.4, 0.5) is 10.6 Å². The molecule has 2 rings (SSSR count). The minimum Gasteiger partial charge on any atom is -0.396 e. The fraction of sp³-hybridized carbons (Fsp3) is 0.647. The maximum absolute atomic E-state index is 11.9. The standard InChI is InChI=1S/C17H28N4O2/c1-13(12-22)14(2)20-17(23)19-11-15-6-7-18-16(10-15)21-8-4-3-5-9-21/h6-7,10,13-14,22H,3-5,8-9,11-12H2,1-2H3,(H2,19,20,23). The monoisotopic (exact) mass is 320 g/mol. The number of pyridine rings is 1. The van der Waals surface area contributed by atoms with Crippen molar-refractivity contribution in [1.82, 2.24) is 15.6 Å². The van der Waals surface area contributed by atoms with Crippen molar-refractivity contribution in [2.75, 3.05) is 24.6 Å². The molecule has 2 amide bonds. The van der Waals surface area contributed by atoms with Crippen LogP contribution < -0.4 is 15.5 Å². The molecule has 0 aromatic carbocycles. The number of carbonyl (C=O) groups excluding carboxylic acids is 1. The van der Waals surface area contributed by atoms with Gasteiger partial charge >= 0.3 is 6.03 Å². The third-order valence-electron chi connectivity index (χ3n) is 4.44. The smallest absolute Gasteiger partial charge is 0.315 e. The SMILES string of the molecule is CC(CO)C(C)NC(=O)NCc1ccnc(N2CCCCC2)c1. The normalized spacial score (nSPS) is 17.4. The Hall–Kier alpha value is -1.82. The first kappa shape index (κ1) is 17.5. The molecule has 0 radical (unpaired) electrons. The zero-order valence-electron chi connectivity index (χ0n) is 14.1. The number of rotatable bonds is 6. The fourth-order valence-electron chi connectivity index (χ4n) is 2.61. The van der Waals surface area contributed by atoms with E-state index in [1.165, 1.54) is 19.3 Å². The van der Waals surface area contributed by atoms with Crippen molar-refractivity contribution in [2.24, 2.45) is 5.92 Å². The number of anilines is 1. The quantitative estimate of drug-likeness (QED) is 0.748. The first-order valence-corrected chi connectivity index (χ1v) is 8.45. The van der Waals surface area contributed by atoms with Crippen molar-refractivity contribution in [3.63, 3.8) is 0 Å². The second-order valence-corrected chi connectivity index (χ2v) is 6.35. The van der Waals surface area contributed by atoms with Gasteiger partial charge in [0.05, 0.1) is 0 Å². The molecule has 1 aromatic rings. The Morgan fingerprint density at radius 3 is 2.78 bits per heavy atom. The molecule has 23 heavy (non-hydrogen) atoms. The van der Waals surface area contributed by atoms with Crippen LogP contribution >= 0.6 is 0 Å². The van der Waals surface area contributed by atoms with Crippen LogP contribution in [0.5, 0.6) is 0 Å². The van der Waals surface area contributed by atoms with Crippen LogP contribution in [0.3, 0.4) is 0 Å². The second-order valence-electron chi connectivity index (χ2n) is 6.35. The number of amides is 2. The topological polar surface area (TPSA) is 77.5 Å². The number of hydrogen-bond acceptors (Lipinski definition) is 4. The summed E-state index contributed by atoms with van der Waals surface area (Å²) in [6.07, 6.45) is 5.53. The average Bonchev–Trinajstić information content (AvgIpc) is 2.60. The van der Waals surface area contributed by atoms with Crippen molar-refractivity contribution in [2.45, 2.75) is 45.7 Å². The molecule has 0 bridgehead atoms. The number of hydrogen-bond donors (Lipinski definition) is 3. The minimum absolute atomic E-state index is 0.0346. The molecule has 2 unspecified atom stereocenters. The van der Waals surface area contributed by atoms with E-state index >= 15 is 0 Å². The van der Waals surface area contributed by atoms with Gasteiger partial charge in [-0.2, -0.15) is 0 Å². The van der Waals surface area contributed by atoms with Crippen molar-refractivity contribution in [3.05, 3.63) is 23.9 Å². The predicted molar refractivity (Wildman–Crippen MR) is 91.4 cm³/mol. The molecule has 1 aliphatic rings. The molecule has 1 aliphatic heterocycles. The van der Waals surface area contributed by atoms with Gasteiger partial charge in [-0.15, -0.1) is 0 Å². The Morgan fingerprint density at radius 2 is 2.09 bits per heavy atom. The van der Waals surface area contributed by atoms with Crippen LogP contribution in [-0.4, -0.2) is 41.9 Å². The molecule has 128 valence electrons. The zero-order valence-corrected chi connectivity index (χ0v) is 14.1. The van der Waals surface area contributed by atoms with Crippen molar-refractivity contribution in [1.29, 1.82) is 0 Å². The molecule has 2 atom stereocenters. The summed E-state index contributed by atoms with van der Waals surface area (Å²) in [6, 6.07) is 3.69. The lowest BCUT2D eigenvalue weighted by atomic mass is 10.1. The zero-order chi connectivity index (χ0) is 16.7. The van der Waals surface area contributed by atoms with Gasteiger partial charge in [0.25, 0.3) is 0 Å². The lowest BCUT2D eigenvalue weighted by molar-refractivity contribution is 0.200. The Bertz CT molecular complexity index is 503. The molecular weight excluding hydrogens is 292 g/mol. The summed E-state index contributed by atoms with van der Waals surface area (Å²) in [5.41, 5.74) is 1.04. The molecule has 6 nitrogen and oxygen atoms in total.